The van der Waals surface area contributed by atoms with Crippen molar-refractivity contribution in [3.8, 4) is 0 Å². The van der Waals surface area contributed by atoms with Crippen LogP contribution < -0.4 is 0 Å². The molecule has 1 aromatic rings. The van der Waals surface area contributed by atoms with Crippen LogP contribution in [0.5, 0.6) is 0 Å². The maximum absolute atomic E-state index is 11.1. The zero-order chi connectivity index (χ0) is 10.2. The Balaban J connectivity index is 3.56. The second-order valence-corrected chi connectivity index (χ2v) is 6.75. The van der Waals surface area contributed by atoms with E-state index < -0.39 is 9.05 Å². The van der Waals surface area contributed by atoms with E-state index in [0.29, 0.717) is 14.5 Å². The molecule has 1 aromatic carbocycles. The summed E-state index contributed by atoms with van der Waals surface area (Å²) in [4.78, 5) is 0.121. The fourth-order valence-corrected chi connectivity index (χ4v) is 3.61. The van der Waals surface area contributed by atoms with Crippen LogP contribution in [0.3, 0.4) is 0 Å². The molecule has 0 bridgehead atoms. The molecule has 0 fully saturated rings. The Morgan fingerprint density at radius 3 is 2.31 bits per heavy atom. The summed E-state index contributed by atoms with van der Waals surface area (Å²) in [5.41, 5.74) is 0.609. The quantitative estimate of drug-likeness (QED) is 0.729. The molecule has 0 unspecified atom stereocenters. The van der Waals surface area contributed by atoms with E-state index in [1.807, 2.05) is 0 Å². The van der Waals surface area contributed by atoms with Crippen molar-refractivity contribution in [3.63, 3.8) is 0 Å². The van der Waals surface area contributed by atoms with Gasteiger partial charge in [-0.25, -0.2) is 8.42 Å². The first kappa shape index (κ1) is 11.5. The van der Waals surface area contributed by atoms with E-state index in [1.165, 1.54) is 6.07 Å². The lowest BCUT2D eigenvalue weighted by atomic mass is 10.2. The molecular weight excluding hydrogens is 343 g/mol. The molecule has 2 nitrogen and oxygen atoms in total. The van der Waals surface area contributed by atoms with E-state index in [2.05, 4.69) is 31.9 Å². The minimum atomic E-state index is -3.67. The first-order valence-electron chi connectivity index (χ1n) is 3.22. The lowest BCUT2D eigenvalue weighted by molar-refractivity contribution is 0.609. The highest BCUT2D eigenvalue weighted by atomic mass is 79.9. The Morgan fingerprint density at radius 1 is 1.31 bits per heavy atom. The van der Waals surface area contributed by atoms with Crippen LogP contribution in [0.1, 0.15) is 5.56 Å². The van der Waals surface area contributed by atoms with E-state index in [1.54, 1.807) is 13.0 Å². The van der Waals surface area contributed by atoms with Crippen LogP contribution in [0, 0.1) is 6.92 Å². The summed E-state index contributed by atoms with van der Waals surface area (Å²) in [5.74, 6) is 0. The van der Waals surface area contributed by atoms with Crippen LogP contribution >= 0.6 is 42.5 Å². The molecule has 1 rings (SSSR count). The molecule has 0 saturated heterocycles. The van der Waals surface area contributed by atoms with Gasteiger partial charge in [-0.15, -0.1) is 0 Å². The van der Waals surface area contributed by atoms with Crippen LogP contribution in [0.2, 0.25) is 0 Å². The molecule has 0 aliphatic heterocycles. The molecule has 0 aliphatic carbocycles. The van der Waals surface area contributed by atoms with Gasteiger partial charge in [-0.3, -0.25) is 0 Å². The third-order valence-corrected chi connectivity index (χ3v) is 4.25. The Hall–Kier alpha value is 0.420. The molecule has 13 heavy (non-hydrogen) atoms. The second kappa shape index (κ2) is 3.88. The number of benzene rings is 1. The van der Waals surface area contributed by atoms with Crippen molar-refractivity contribution in [2.24, 2.45) is 0 Å². The van der Waals surface area contributed by atoms with Gasteiger partial charge in [-0.05, 0) is 24.6 Å². The fourth-order valence-electron chi connectivity index (χ4n) is 0.875. The third-order valence-electron chi connectivity index (χ3n) is 1.52. The number of hydrogen-bond acceptors (Lipinski definition) is 2. The number of rotatable bonds is 1. The molecule has 0 aromatic heterocycles. The summed E-state index contributed by atoms with van der Waals surface area (Å²) < 4.78 is 23.5. The van der Waals surface area contributed by atoms with Gasteiger partial charge >= 0.3 is 0 Å². The summed E-state index contributed by atoms with van der Waals surface area (Å²) in [5, 5.41) is 0. The molecule has 6 heteroatoms. The van der Waals surface area contributed by atoms with Gasteiger partial charge in [0.15, 0.2) is 0 Å². The highest BCUT2D eigenvalue weighted by Crippen LogP contribution is 2.29. The number of hydrogen-bond donors (Lipinski definition) is 0. The van der Waals surface area contributed by atoms with E-state index in [0.717, 1.165) is 0 Å². The highest BCUT2D eigenvalue weighted by molar-refractivity contribution is 9.11. The first-order chi connectivity index (χ1) is 5.82. The van der Waals surface area contributed by atoms with Crippen LogP contribution in [0.25, 0.3) is 0 Å². The zero-order valence-electron chi connectivity index (χ0n) is 6.51. The summed E-state index contributed by atoms with van der Waals surface area (Å²) in [6, 6.07) is 3.24. The van der Waals surface area contributed by atoms with Gasteiger partial charge in [-0.2, -0.15) is 0 Å². The zero-order valence-corrected chi connectivity index (χ0v) is 11.3. The molecule has 0 spiro atoms. The van der Waals surface area contributed by atoms with Crippen molar-refractivity contribution in [1.82, 2.24) is 0 Å². The average Bonchev–Trinajstić information content (AvgIpc) is 1.94. The van der Waals surface area contributed by atoms with Gasteiger partial charge in [0.2, 0.25) is 0 Å². The van der Waals surface area contributed by atoms with Gasteiger partial charge in [0, 0.05) is 19.6 Å². The molecular formula is C7H5Br2ClO2S. The molecule has 0 amide bonds. The average molecular weight is 348 g/mol. The van der Waals surface area contributed by atoms with Gasteiger partial charge in [-0.1, -0.05) is 31.9 Å². The summed E-state index contributed by atoms with van der Waals surface area (Å²) in [6.45, 7) is 1.69. The minimum Gasteiger partial charge on any atom is -0.207 e. The molecule has 0 atom stereocenters. The molecule has 0 aliphatic rings. The normalized spacial score (nSPS) is 11.7. The van der Waals surface area contributed by atoms with Gasteiger partial charge in [0.25, 0.3) is 9.05 Å². The van der Waals surface area contributed by atoms with Crippen molar-refractivity contribution in [2.45, 2.75) is 11.8 Å². The highest BCUT2D eigenvalue weighted by Gasteiger charge is 2.15. The van der Waals surface area contributed by atoms with E-state index >= 15 is 0 Å². The molecule has 0 radical (unpaired) electrons. The van der Waals surface area contributed by atoms with Crippen LogP contribution in [-0.4, -0.2) is 8.42 Å². The van der Waals surface area contributed by atoms with Crippen LogP contribution in [0.4, 0.5) is 0 Å². The number of halogens is 3. The summed E-state index contributed by atoms with van der Waals surface area (Å²) in [7, 11) is 1.57. The van der Waals surface area contributed by atoms with Crippen molar-refractivity contribution in [1.29, 1.82) is 0 Å². The maximum atomic E-state index is 11.1. The largest absolute Gasteiger partial charge is 0.261 e. The predicted octanol–water partition coefficient (Wildman–Crippen LogP) is 3.45. The van der Waals surface area contributed by atoms with Gasteiger partial charge in [0.1, 0.15) is 0 Å². The van der Waals surface area contributed by atoms with E-state index in [9.17, 15) is 8.42 Å². The molecule has 0 saturated carbocycles. The standard InChI is InChI=1S/C7H5Br2ClO2S/c1-4-6(9)2-5(8)3-7(4)13(10,11)12/h2-3H,1H3. The Kier molecular flexibility index (Phi) is 3.43. The maximum Gasteiger partial charge on any atom is 0.261 e. The topological polar surface area (TPSA) is 34.1 Å². The molecule has 0 heterocycles. The lowest BCUT2D eigenvalue weighted by Crippen LogP contribution is -1.95. The summed E-state index contributed by atoms with van der Waals surface area (Å²) >= 11 is 6.42. The summed E-state index contributed by atoms with van der Waals surface area (Å²) in [6.07, 6.45) is 0. The van der Waals surface area contributed by atoms with Gasteiger partial charge in [0.05, 0.1) is 4.90 Å². The predicted molar refractivity (Wildman–Crippen MR) is 59.6 cm³/mol. The SMILES string of the molecule is Cc1c(Br)cc(Br)cc1S(=O)(=O)Cl. The lowest BCUT2D eigenvalue weighted by Gasteiger charge is -2.04. The fraction of sp³-hybridized carbons (Fsp3) is 0.143. The van der Waals surface area contributed by atoms with Crippen molar-refractivity contribution < 1.29 is 8.42 Å². The van der Waals surface area contributed by atoms with Crippen molar-refractivity contribution in [2.75, 3.05) is 0 Å². The Labute approximate surface area is 98.0 Å². The molecule has 72 valence electrons. The first-order valence-corrected chi connectivity index (χ1v) is 7.12. The minimum absolute atomic E-state index is 0.121. The Morgan fingerprint density at radius 2 is 1.85 bits per heavy atom. The molecule has 0 N–H and O–H groups in total. The van der Waals surface area contributed by atoms with Gasteiger partial charge < -0.3 is 0 Å². The van der Waals surface area contributed by atoms with Crippen LogP contribution in [0.15, 0.2) is 26.0 Å². The smallest absolute Gasteiger partial charge is 0.207 e. The van der Waals surface area contributed by atoms with Crippen molar-refractivity contribution in [3.05, 3.63) is 26.6 Å². The third kappa shape index (κ3) is 2.68. The second-order valence-electron chi connectivity index (χ2n) is 2.45. The Bertz CT molecular complexity index is 442. The monoisotopic (exact) mass is 346 g/mol. The van der Waals surface area contributed by atoms with E-state index in [4.69, 9.17) is 10.7 Å². The van der Waals surface area contributed by atoms with Crippen LogP contribution in [-0.2, 0) is 9.05 Å². The van der Waals surface area contributed by atoms with Crippen molar-refractivity contribution >= 4 is 51.6 Å². The van der Waals surface area contributed by atoms with E-state index in [-0.39, 0.29) is 4.90 Å².